The Bertz CT molecular complexity index is 332. The third-order valence-corrected chi connectivity index (χ3v) is 4.89. The maximum absolute atomic E-state index is 12.0. The molecule has 0 aliphatic carbocycles. The topological polar surface area (TPSA) is 44.8 Å². The minimum absolute atomic E-state index is 0.0294. The van der Waals surface area contributed by atoms with Crippen molar-refractivity contribution in [2.24, 2.45) is 5.92 Å². The standard InChI is InChI=1S/C16H31N3O2/c1-4-18-6-8-19(9-7-18)16(2,3)13-17-15(20)11-14-5-10-21-12-14/h14H,4-13H2,1-3H3,(H,17,20). The van der Waals surface area contributed by atoms with Gasteiger partial charge in [-0.25, -0.2) is 0 Å². The van der Waals surface area contributed by atoms with Gasteiger partial charge in [0.15, 0.2) is 0 Å². The first-order valence-corrected chi connectivity index (χ1v) is 8.33. The summed E-state index contributed by atoms with van der Waals surface area (Å²) in [6.45, 7) is 14.5. The van der Waals surface area contributed by atoms with E-state index in [1.807, 2.05) is 0 Å². The fraction of sp³-hybridized carbons (Fsp3) is 0.938. The first-order valence-electron chi connectivity index (χ1n) is 8.33. The molecule has 1 atom stereocenters. The fourth-order valence-corrected chi connectivity index (χ4v) is 3.17. The van der Waals surface area contributed by atoms with Crippen LogP contribution in [0.3, 0.4) is 0 Å². The molecule has 2 rings (SSSR count). The van der Waals surface area contributed by atoms with Gasteiger partial charge in [0, 0.05) is 57.9 Å². The molecule has 2 fully saturated rings. The highest BCUT2D eigenvalue weighted by atomic mass is 16.5. The van der Waals surface area contributed by atoms with E-state index in [-0.39, 0.29) is 11.4 Å². The molecule has 2 aliphatic rings. The van der Waals surface area contributed by atoms with E-state index in [1.54, 1.807) is 0 Å². The summed E-state index contributed by atoms with van der Waals surface area (Å²) in [5.41, 5.74) is 0.0294. The van der Waals surface area contributed by atoms with Crippen molar-refractivity contribution in [3.05, 3.63) is 0 Å². The molecule has 21 heavy (non-hydrogen) atoms. The maximum Gasteiger partial charge on any atom is 0.220 e. The van der Waals surface area contributed by atoms with E-state index in [0.717, 1.165) is 58.9 Å². The zero-order valence-corrected chi connectivity index (χ0v) is 13.9. The summed E-state index contributed by atoms with van der Waals surface area (Å²) < 4.78 is 5.33. The maximum atomic E-state index is 12.0. The number of hydrogen-bond acceptors (Lipinski definition) is 4. The molecule has 2 heterocycles. The molecular formula is C16H31N3O2. The minimum Gasteiger partial charge on any atom is -0.381 e. The SMILES string of the molecule is CCN1CCN(C(C)(C)CNC(=O)CC2CCOC2)CC1. The Morgan fingerprint density at radius 1 is 1.29 bits per heavy atom. The number of nitrogens with one attached hydrogen (secondary N) is 1. The van der Waals surface area contributed by atoms with Crippen LogP contribution < -0.4 is 5.32 Å². The van der Waals surface area contributed by atoms with E-state index in [4.69, 9.17) is 4.74 Å². The largest absolute Gasteiger partial charge is 0.381 e. The zero-order valence-electron chi connectivity index (χ0n) is 13.9. The van der Waals surface area contributed by atoms with Crippen LogP contribution in [0.5, 0.6) is 0 Å². The number of ether oxygens (including phenoxy) is 1. The quantitative estimate of drug-likeness (QED) is 0.793. The predicted molar refractivity (Wildman–Crippen MR) is 84.3 cm³/mol. The van der Waals surface area contributed by atoms with Crippen LogP contribution in [0.1, 0.15) is 33.6 Å². The second-order valence-corrected chi connectivity index (χ2v) is 6.94. The number of hydrogen-bond donors (Lipinski definition) is 1. The van der Waals surface area contributed by atoms with Crippen molar-refractivity contribution in [1.82, 2.24) is 15.1 Å². The number of amides is 1. The lowest BCUT2D eigenvalue weighted by Crippen LogP contribution is -2.58. The van der Waals surface area contributed by atoms with Crippen LogP contribution in [0, 0.1) is 5.92 Å². The van der Waals surface area contributed by atoms with E-state index in [0.29, 0.717) is 12.3 Å². The Morgan fingerprint density at radius 3 is 2.57 bits per heavy atom. The van der Waals surface area contributed by atoms with Crippen molar-refractivity contribution in [2.45, 2.75) is 39.2 Å². The number of piperazine rings is 1. The lowest BCUT2D eigenvalue weighted by molar-refractivity contribution is -0.122. The van der Waals surface area contributed by atoms with Gasteiger partial charge in [0.1, 0.15) is 0 Å². The molecule has 1 amide bonds. The van der Waals surface area contributed by atoms with Crippen molar-refractivity contribution in [3.8, 4) is 0 Å². The Labute approximate surface area is 129 Å². The van der Waals surface area contributed by atoms with Crippen LogP contribution in [-0.4, -0.2) is 73.7 Å². The molecule has 0 aromatic rings. The van der Waals surface area contributed by atoms with Gasteiger partial charge in [-0.15, -0.1) is 0 Å². The van der Waals surface area contributed by atoms with Crippen molar-refractivity contribution >= 4 is 5.91 Å². The van der Waals surface area contributed by atoms with Crippen LogP contribution in [0.25, 0.3) is 0 Å². The van der Waals surface area contributed by atoms with Gasteiger partial charge < -0.3 is 15.0 Å². The Balaban J connectivity index is 1.71. The van der Waals surface area contributed by atoms with Gasteiger partial charge in [-0.05, 0) is 32.7 Å². The van der Waals surface area contributed by atoms with Crippen LogP contribution in [-0.2, 0) is 9.53 Å². The molecule has 0 bridgehead atoms. The molecule has 5 heteroatoms. The summed E-state index contributed by atoms with van der Waals surface area (Å²) in [6.07, 6.45) is 1.63. The van der Waals surface area contributed by atoms with E-state index >= 15 is 0 Å². The first kappa shape index (κ1) is 16.7. The van der Waals surface area contributed by atoms with Gasteiger partial charge in [-0.1, -0.05) is 6.92 Å². The summed E-state index contributed by atoms with van der Waals surface area (Å²) in [7, 11) is 0. The highest BCUT2D eigenvalue weighted by Crippen LogP contribution is 2.18. The highest BCUT2D eigenvalue weighted by molar-refractivity contribution is 5.76. The van der Waals surface area contributed by atoms with Gasteiger partial charge in [0.25, 0.3) is 0 Å². The van der Waals surface area contributed by atoms with Crippen molar-refractivity contribution < 1.29 is 9.53 Å². The van der Waals surface area contributed by atoms with Gasteiger partial charge in [0.05, 0.1) is 0 Å². The van der Waals surface area contributed by atoms with E-state index in [9.17, 15) is 4.79 Å². The van der Waals surface area contributed by atoms with Gasteiger partial charge in [0.2, 0.25) is 5.91 Å². The molecule has 2 aliphatic heterocycles. The molecule has 5 nitrogen and oxygen atoms in total. The van der Waals surface area contributed by atoms with Gasteiger partial charge in [-0.3, -0.25) is 9.69 Å². The second kappa shape index (κ2) is 7.56. The summed E-state index contributed by atoms with van der Waals surface area (Å²) in [6, 6.07) is 0. The van der Waals surface area contributed by atoms with Crippen LogP contribution in [0.15, 0.2) is 0 Å². The molecule has 0 aromatic carbocycles. The van der Waals surface area contributed by atoms with Crippen LogP contribution >= 0.6 is 0 Å². The number of nitrogens with zero attached hydrogens (tertiary/aromatic N) is 2. The Hall–Kier alpha value is -0.650. The Morgan fingerprint density at radius 2 is 2.00 bits per heavy atom. The van der Waals surface area contributed by atoms with Crippen molar-refractivity contribution in [1.29, 1.82) is 0 Å². The van der Waals surface area contributed by atoms with Crippen LogP contribution in [0.2, 0.25) is 0 Å². The number of likely N-dealkylation sites (N-methyl/N-ethyl adjacent to an activating group) is 1. The Kier molecular flexibility index (Phi) is 6.02. The lowest BCUT2D eigenvalue weighted by atomic mass is 10.0. The molecule has 0 radical (unpaired) electrons. The highest BCUT2D eigenvalue weighted by Gasteiger charge is 2.30. The molecule has 0 aromatic heterocycles. The van der Waals surface area contributed by atoms with Gasteiger partial charge in [-0.2, -0.15) is 0 Å². The second-order valence-electron chi connectivity index (χ2n) is 6.94. The van der Waals surface area contributed by atoms with E-state index in [2.05, 4.69) is 35.9 Å². The van der Waals surface area contributed by atoms with Gasteiger partial charge >= 0.3 is 0 Å². The zero-order chi connectivity index (χ0) is 15.3. The van der Waals surface area contributed by atoms with E-state index in [1.165, 1.54) is 0 Å². The third kappa shape index (κ3) is 4.94. The minimum atomic E-state index is 0.0294. The smallest absolute Gasteiger partial charge is 0.220 e. The number of carbonyl (C=O) groups excluding carboxylic acids is 1. The summed E-state index contributed by atoms with van der Waals surface area (Å²) in [5.74, 6) is 0.590. The predicted octanol–water partition coefficient (Wildman–Crippen LogP) is 0.945. The number of carbonyl (C=O) groups is 1. The third-order valence-electron chi connectivity index (χ3n) is 4.89. The summed E-state index contributed by atoms with van der Waals surface area (Å²) in [5, 5.41) is 3.12. The molecule has 1 N–H and O–H groups in total. The van der Waals surface area contributed by atoms with Crippen molar-refractivity contribution in [3.63, 3.8) is 0 Å². The average Bonchev–Trinajstić information content (AvgIpc) is 2.98. The molecule has 1 unspecified atom stereocenters. The molecular weight excluding hydrogens is 266 g/mol. The first-order chi connectivity index (χ1) is 10.0. The summed E-state index contributed by atoms with van der Waals surface area (Å²) in [4.78, 5) is 17.0. The fourth-order valence-electron chi connectivity index (χ4n) is 3.17. The average molecular weight is 297 g/mol. The monoisotopic (exact) mass is 297 g/mol. The van der Waals surface area contributed by atoms with E-state index < -0.39 is 0 Å². The lowest BCUT2D eigenvalue weighted by Gasteiger charge is -2.44. The molecule has 0 saturated carbocycles. The summed E-state index contributed by atoms with van der Waals surface area (Å²) >= 11 is 0. The van der Waals surface area contributed by atoms with Crippen LogP contribution in [0.4, 0.5) is 0 Å². The van der Waals surface area contributed by atoms with Crippen molar-refractivity contribution in [2.75, 3.05) is 52.5 Å². The molecule has 122 valence electrons. The molecule has 2 saturated heterocycles. The number of rotatable bonds is 6. The normalized spacial score (nSPS) is 25.2. The molecule has 0 spiro atoms.